The Hall–Kier alpha value is -3.71. The maximum atomic E-state index is 12.9. The zero-order chi connectivity index (χ0) is 24.4. The number of thiazole rings is 1. The van der Waals surface area contributed by atoms with Crippen molar-refractivity contribution in [2.75, 3.05) is 12.4 Å². The molecule has 7 heteroatoms. The van der Waals surface area contributed by atoms with Gasteiger partial charge in [-0.1, -0.05) is 54.2 Å². The first kappa shape index (κ1) is 23.1. The number of ketones is 1. The highest BCUT2D eigenvalue weighted by atomic mass is 32.1. The lowest BCUT2D eigenvalue weighted by Gasteiger charge is -2.25. The number of anilines is 2. The van der Waals surface area contributed by atoms with E-state index in [0.29, 0.717) is 18.4 Å². The average molecular weight is 487 g/mol. The van der Waals surface area contributed by atoms with Gasteiger partial charge in [0.05, 0.1) is 23.2 Å². The number of nitrogens with one attached hydrogen (secondary N) is 1. The first-order valence-electron chi connectivity index (χ1n) is 11.7. The molecule has 0 amide bonds. The van der Waals surface area contributed by atoms with Crippen LogP contribution in [-0.2, 0) is 4.79 Å². The van der Waals surface area contributed by atoms with E-state index in [2.05, 4.69) is 10.3 Å². The lowest BCUT2D eigenvalue weighted by molar-refractivity contribution is -0.143. The van der Waals surface area contributed by atoms with E-state index in [-0.39, 0.29) is 11.7 Å². The van der Waals surface area contributed by atoms with Gasteiger partial charge in [-0.25, -0.2) is 4.98 Å². The minimum absolute atomic E-state index is 0.0514. The van der Waals surface area contributed by atoms with Crippen molar-refractivity contribution >= 4 is 44.1 Å². The van der Waals surface area contributed by atoms with Crippen molar-refractivity contribution in [1.82, 2.24) is 4.98 Å². The molecular weight excluding hydrogens is 460 g/mol. The molecular formula is C28H26N2O4S. The number of carboxylic acids is 1. The van der Waals surface area contributed by atoms with Crippen LogP contribution >= 0.6 is 11.3 Å². The lowest BCUT2D eigenvalue weighted by atomic mass is 9.78. The fourth-order valence-electron chi connectivity index (χ4n) is 4.67. The van der Waals surface area contributed by atoms with Crippen LogP contribution in [0.15, 0.2) is 66.7 Å². The molecule has 0 bridgehead atoms. The molecule has 2 atom stereocenters. The summed E-state index contributed by atoms with van der Waals surface area (Å²) in [7, 11) is 1.65. The van der Waals surface area contributed by atoms with Crippen molar-refractivity contribution < 1.29 is 19.4 Å². The lowest BCUT2D eigenvalue weighted by Crippen LogP contribution is -2.27. The minimum Gasteiger partial charge on any atom is -0.497 e. The van der Waals surface area contributed by atoms with E-state index in [4.69, 9.17) is 4.74 Å². The number of benzene rings is 3. The number of ether oxygens (including phenoxy) is 1. The molecule has 3 aromatic carbocycles. The predicted molar refractivity (Wildman–Crippen MR) is 139 cm³/mol. The van der Waals surface area contributed by atoms with Crippen molar-refractivity contribution in [3.63, 3.8) is 0 Å². The smallest absolute Gasteiger partial charge is 0.306 e. The Bertz CT molecular complexity index is 1360. The van der Waals surface area contributed by atoms with Crippen molar-refractivity contribution in [2.24, 2.45) is 11.8 Å². The third kappa shape index (κ3) is 5.05. The van der Waals surface area contributed by atoms with Crippen LogP contribution in [0, 0.1) is 11.8 Å². The van der Waals surface area contributed by atoms with Gasteiger partial charge >= 0.3 is 5.97 Å². The number of rotatable bonds is 7. The van der Waals surface area contributed by atoms with Gasteiger partial charge in [0.15, 0.2) is 10.9 Å². The van der Waals surface area contributed by atoms with Gasteiger partial charge in [-0.05, 0) is 60.7 Å². The van der Waals surface area contributed by atoms with Crippen LogP contribution in [0.4, 0.5) is 10.8 Å². The number of Topliss-reactive ketones (excluding diaryl/α,β-unsaturated/α-hetero) is 1. The Morgan fingerprint density at radius 3 is 2.34 bits per heavy atom. The number of fused-ring (bicyclic) bond motifs is 1. The van der Waals surface area contributed by atoms with Crippen molar-refractivity contribution in [1.29, 1.82) is 0 Å². The summed E-state index contributed by atoms with van der Waals surface area (Å²) in [5.41, 5.74) is 4.59. The maximum Gasteiger partial charge on any atom is 0.306 e. The standard InChI is InChI=1S/C28H26N2O4S/c1-34-23-13-14-24-25(16-23)35-28(30-24)29-22-11-9-18(10-12-22)17-5-7-19(8-6-17)26(31)20-3-2-4-21(15-20)27(32)33/h5-14,16,20-21H,2-4,15H2,1H3,(H,29,30)(H,32,33)/t20-,21+/m1/s1. The van der Waals surface area contributed by atoms with E-state index in [9.17, 15) is 14.7 Å². The Morgan fingerprint density at radius 2 is 1.66 bits per heavy atom. The zero-order valence-electron chi connectivity index (χ0n) is 19.4. The molecule has 1 saturated carbocycles. The summed E-state index contributed by atoms with van der Waals surface area (Å²) in [5.74, 6) is -0.540. The second-order valence-electron chi connectivity index (χ2n) is 8.90. The number of carboxylic acid groups (broad SMARTS) is 1. The van der Waals surface area contributed by atoms with Crippen molar-refractivity contribution in [2.45, 2.75) is 25.7 Å². The van der Waals surface area contributed by atoms with E-state index in [1.54, 1.807) is 18.4 Å². The monoisotopic (exact) mass is 486 g/mol. The molecule has 4 aromatic rings. The van der Waals surface area contributed by atoms with E-state index in [1.807, 2.05) is 66.7 Å². The predicted octanol–water partition coefficient (Wildman–Crippen LogP) is 6.79. The molecule has 2 N–H and O–H groups in total. The Balaban J connectivity index is 1.25. The van der Waals surface area contributed by atoms with Gasteiger partial charge < -0.3 is 15.2 Å². The summed E-state index contributed by atoms with van der Waals surface area (Å²) in [6, 6.07) is 21.5. The van der Waals surface area contributed by atoms with E-state index >= 15 is 0 Å². The number of hydrogen-bond acceptors (Lipinski definition) is 6. The van der Waals surface area contributed by atoms with E-state index in [0.717, 1.165) is 50.8 Å². The molecule has 0 aliphatic heterocycles. The fourth-order valence-corrected chi connectivity index (χ4v) is 5.58. The minimum atomic E-state index is -0.792. The van der Waals surface area contributed by atoms with Gasteiger partial charge in [0.25, 0.3) is 0 Å². The molecule has 1 aromatic heterocycles. The molecule has 0 spiro atoms. The fraction of sp³-hybridized carbons (Fsp3) is 0.250. The van der Waals surface area contributed by atoms with Gasteiger partial charge in [0, 0.05) is 17.2 Å². The van der Waals surface area contributed by atoms with Gasteiger partial charge in [-0.15, -0.1) is 0 Å². The SMILES string of the molecule is COc1ccc2nc(Nc3ccc(-c4ccc(C(=O)[C@@H]5CCC[C@H](C(=O)O)C5)cc4)cc3)sc2c1. The highest BCUT2D eigenvalue weighted by Gasteiger charge is 2.31. The number of aromatic nitrogens is 1. The van der Waals surface area contributed by atoms with Gasteiger partial charge in [-0.2, -0.15) is 0 Å². The topological polar surface area (TPSA) is 88.5 Å². The first-order valence-corrected chi connectivity index (χ1v) is 12.5. The zero-order valence-corrected chi connectivity index (χ0v) is 20.2. The molecule has 178 valence electrons. The number of nitrogens with zero attached hydrogens (tertiary/aromatic N) is 1. The van der Waals surface area contributed by atoms with Crippen LogP contribution < -0.4 is 10.1 Å². The Labute approximate surface area is 207 Å². The van der Waals surface area contributed by atoms with E-state index < -0.39 is 11.9 Å². The van der Waals surface area contributed by atoms with Crippen LogP contribution in [-0.4, -0.2) is 29.0 Å². The number of carbonyl (C=O) groups excluding carboxylic acids is 1. The second-order valence-corrected chi connectivity index (χ2v) is 9.93. The quantitative estimate of drug-likeness (QED) is 0.280. The largest absolute Gasteiger partial charge is 0.497 e. The maximum absolute atomic E-state index is 12.9. The number of carbonyl (C=O) groups is 2. The third-order valence-electron chi connectivity index (χ3n) is 6.63. The highest BCUT2D eigenvalue weighted by molar-refractivity contribution is 7.22. The molecule has 5 rings (SSSR count). The molecule has 1 aliphatic rings. The Morgan fingerprint density at radius 1 is 0.971 bits per heavy atom. The van der Waals surface area contributed by atoms with Crippen LogP contribution in [0.5, 0.6) is 5.75 Å². The van der Waals surface area contributed by atoms with Gasteiger partial charge in [-0.3, -0.25) is 9.59 Å². The number of aliphatic carboxylic acids is 1. The summed E-state index contributed by atoms with van der Waals surface area (Å²) < 4.78 is 6.35. The molecule has 1 aliphatic carbocycles. The van der Waals surface area contributed by atoms with Crippen LogP contribution in [0.2, 0.25) is 0 Å². The molecule has 0 saturated heterocycles. The molecule has 0 unspecified atom stereocenters. The van der Waals surface area contributed by atoms with Crippen LogP contribution in [0.3, 0.4) is 0 Å². The van der Waals surface area contributed by atoms with Crippen LogP contribution in [0.1, 0.15) is 36.0 Å². The molecule has 35 heavy (non-hydrogen) atoms. The van der Waals surface area contributed by atoms with Crippen LogP contribution in [0.25, 0.3) is 21.3 Å². The van der Waals surface area contributed by atoms with Gasteiger partial charge in [0.2, 0.25) is 0 Å². The summed E-state index contributed by atoms with van der Waals surface area (Å²) in [5, 5.41) is 13.5. The average Bonchev–Trinajstić information content (AvgIpc) is 3.30. The summed E-state index contributed by atoms with van der Waals surface area (Å²) >= 11 is 1.57. The van der Waals surface area contributed by atoms with Gasteiger partial charge in [0.1, 0.15) is 5.75 Å². The summed E-state index contributed by atoms with van der Waals surface area (Å²) in [6.07, 6.45) is 2.65. The summed E-state index contributed by atoms with van der Waals surface area (Å²) in [4.78, 5) is 28.9. The molecule has 1 heterocycles. The van der Waals surface area contributed by atoms with E-state index in [1.165, 1.54) is 0 Å². The first-order chi connectivity index (χ1) is 17.0. The second kappa shape index (κ2) is 9.88. The number of methoxy groups -OCH3 is 1. The normalized spacial score (nSPS) is 17.7. The molecule has 1 fully saturated rings. The molecule has 6 nitrogen and oxygen atoms in total. The Kier molecular flexibility index (Phi) is 6.51. The molecule has 0 radical (unpaired) electrons. The third-order valence-corrected chi connectivity index (χ3v) is 7.56. The number of hydrogen-bond donors (Lipinski definition) is 2. The highest BCUT2D eigenvalue weighted by Crippen LogP contribution is 2.33. The van der Waals surface area contributed by atoms with Crippen molar-refractivity contribution in [3.8, 4) is 16.9 Å². The summed E-state index contributed by atoms with van der Waals surface area (Å²) in [6.45, 7) is 0. The van der Waals surface area contributed by atoms with Crippen molar-refractivity contribution in [3.05, 3.63) is 72.3 Å².